The van der Waals surface area contributed by atoms with Gasteiger partial charge in [-0.15, -0.1) is 0 Å². The minimum absolute atomic E-state index is 0.128. The number of nitrogens with one attached hydrogen (secondary N) is 1. The number of fused-ring (bicyclic) bond motifs is 1. The van der Waals surface area contributed by atoms with Crippen molar-refractivity contribution < 1.29 is 4.39 Å². The zero-order valence-electron chi connectivity index (χ0n) is 5.81. The smallest absolute Gasteiger partial charge is 0.195 e. The molecule has 1 N–H and O–H groups in total. The third kappa shape index (κ3) is 0.736. The second-order valence-corrected chi connectivity index (χ2v) is 3.00. The van der Waals surface area contributed by atoms with Crippen LogP contribution < -0.4 is 5.32 Å². The monoisotopic (exact) mass is 142 g/mol. The molecule has 2 nitrogen and oxygen atoms in total. The topological polar surface area (TPSA) is 25.2 Å². The second-order valence-electron chi connectivity index (χ2n) is 3.00. The van der Waals surface area contributed by atoms with Crippen LogP contribution in [0.1, 0.15) is 6.42 Å². The standard InChI is InChI=1S/C7H11FN2/c1-2-10-4-3-6-7(8,5-10)9-6/h2,6,9H,1,3-5H2. The SMILES string of the molecule is C=CN1CCC2NC2(F)C1. The summed E-state index contributed by atoms with van der Waals surface area (Å²) in [4.78, 5) is 1.91. The molecule has 2 rings (SSSR count). The van der Waals surface area contributed by atoms with Crippen LogP contribution >= 0.6 is 0 Å². The maximum absolute atomic E-state index is 13.2. The van der Waals surface area contributed by atoms with Gasteiger partial charge in [-0.05, 0) is 12.6 Å². The largest absolute Gasteiger partial charge is 0.373 e. The fourth-order valence-corrected chi connectivity index (χ4v) is 1.53. The fraction of sp³-hybridized carbons (Fsp3) is 0.714. The molecule has 0 aromatic heterocycles. The first-order chi connectivity index (χ1) is 4.74. The van der Waals surface area contributed by atoms with Crippen LogP contribution in [-0.2, 0) is 0 Å². The number of alkyl halides is 1. The van der Waals surface area contributed by atoms with Crippen LogP contribution in [0.5, 0.6) is 0 Å². The predicted octanol–water partition coefficient (Wildman–Crippen LogP) is 0.473. The quantitative estimate of drug-likeness (QED) is 0.425. The first kappa shape index (κ1) is 6.16. The van der Waals surface area contributed by atoms with Crippen molar-refractivity contribution in [2.75, 3.05) is 13.1 Å². The van der Waals surface area contributed by atoms with Crippen molar-refractivity contribution in [1.29, 1.82) is 0 Å². The first-order valence-corrected chi connectivity index (χ1v) is 3.58. The molecule has 0 bridgehead atoms. The van der Waals surface area contributed by atoms with Crippen molar-refractivity contribution in [2.24, 2.45) is 0 Å². The summed E-state index contributed by atoms with van der Waals surface area (Å²) in [5.74, 6) is -1.08. The van der Waals surface area contributed by atoms with Gasteiger partial charge in [-0.1, -0.05) is 6.58 Å². The van der Waals surface area contributed by atoms with Gasteiger partial charge in [0.1, 0.15) is 0 Å². The molecule has 2 aliphatic rings. The Hall–Kier alpha value is -0.570. The average Bonchev–Trinajstić information content (AvgIpc) is 2.58. The van der Waals surface area contributed by atoms with Gasteiger partial charge in [0.25, 0.3) is 0 Å². The zero-order valence-corrected chi connectivity index (χ0v) is 5.81. The lowest BCUT2D eigenvalue weighted by Gasteiger charge is -2.25. The molecule has 0 radical (unpaired) electrons. The molecule has 2 aliphatic heterocycles. The molecule has 3 heteroatoms. The van der Waals surface area contributed by atoms with Crippen molar-refractivity contribution in [1.82, 2.24) is 10.2 Å². The van der Waals surface area contributed by atoms with Gasteiger partial charge in [-0.2, -0.15) is 0 Å². The molecule has 0 aliphatic carbocycles. The summed E-state index contributed by atoms with van der Waals surface area (Å²) in [6, 6.07) is 0.128. The highest BCUT2D eigenvalue weighted by atomic mass is 19.1. The molecule has 0 amide bonds. The maximum atomic E-state index is 13.2. The van der Waals surface area contributed by atoms with Crippen molar-refractivity contribution in [3.63, 3.8) is 0 Å². The number of likely N-dealkylation sites (tertiary alicyclic amines) is 1. The maximum Gasteiger partial charge on any atom is 0.195 e. The molecule has 56 valence electrons. The van der Waals surface area contributed by atoms with Crippen molar-refractivity contribution in [3.05, 3.63) is 12.8 Å². The highest BCUT2D eigenvalue weighted by Crippen LogP contribution is 2.35. The average molecular weight is 142 g/mol. The summed E-state index contributed by atoms with van der Waals surface area (Å²) in [6.07, 6.45) is 2.61. The van der Waals surface area contributed by atoms with E-state index < -0.39 is 5.79 Å². The van der Waals surface area contributed by atoms with E-state index in [2.05, 4.69) is 11.9 Å². The number of hydrogen-bond acceptors (Lipinski definition) is 2. The molecule has 0 saturated carbocycles. The molecular formula is C7H11FN2. The van der Waals surface area contributed by atoms with Gasteiger partial charge in [0, 0.05) is 6.54 Å². The van der Waals surface area contributed by atoms with Crippen LogP contribution in [0.15, 0.2) is 12.8 Å². The highest BCUT2D eigenvalue weighted by molar-refractivity contribution is 5.11. The van der Waals surface area contributed by atoms with Crippen LogP contribution in [0.2, 0.25) is 0 Å². The number of halogens is 1. The molecule has 0 aromatic rings. The number of piperidine rings is 1. The molecule has 2 fully saturated rings. The van der Waals surface area contributed by atoms with Crippen LogP contribution in [0.25, 0.3) is 0 Å². The van der Waals surface area contributed by atoms with Crippen molar-refractivity contribution >= 4 is 0 Å². The van der Waals surface area contributed by atoms with Crippen LogP contribution in [0, 0.1) is 0 Å². The Morgan fingerprint density at radius 1 is 1.80 bits per heavy atom. The lowest BCUT2D eigenvalue weighted by Crippen LogP contribution is -2.36. The fourth-order valence-electron chi connectivity index (χ4n) is 1.53. The third-order valence-corrected chi connectivity index (χ3v) is 2.28. The highest BCUT2D eigenvalue weighted by Gasteiger charge is 2.57. The third-order valence-electron chi connectivity index (χ3n) is 2.28. The van der Waals surface area contributed by atoms with Gasteiger partial charge in [0.05, 0.1) is 12.6 Å². The number of nitrogens with zero attached hydrogens (tertiary/aromatic N) is 1. The van der Waals surface area contributed by atoms with Gasteiger partial charge in [0.15, 0.2) is 5.79 Å². The Kier molecular flexibility index (Phi) is 1.06. The minimum Gasteiger partial charge on any atom is -0.373 e. The summed E-state index contributed by atoms with van der Waals surface area (Å²) >= 11 is 0. The molecule has 2 unspecified atom stereocenters. The second kappa shape index (κ2) is 1.72. The van der Waals surface area contributed by atoms with Crippen LogP contribution in [0.4, 0.5) is 4.39 Å². The summed E-state index contributed by atoms with van der Waals surface area (Å²) in [7, 11) is 0. The van der Waals surface area contributed by atoms with E-state index in [4.69, 9.17) is 0 Å². The van der Waals surface area contributed by atoms with Gasteiger partial charge in [-0.3, -0.25) is 5.32 Å². The van der Waals surface area contributed by atoms with E-state index in [1.807, 2.05) is 4.90 Å². The molecule has 2 heterocycles. The molecular weight excluding hydrogens is 131 g/mol. The summed E-state index contributed by atoms with van der Waals surface area (Å²) < 4.78 is 13.2. The Balaban J connectivity index is 2.02. The molecule has 2 saturated heterocycles. The van der Waals surface area contributed by atoms with Gasteiger partial charge in [-0.25, -0.2) is 4.39 Å². The Morgan fingerprint density at radius 3 is 3.20 bits per heavy atom. The molecule has 10 heavy (non-hydrogen) atoms. The van der Waals surface area contributed by atoms with Gasteiger partial charge in [0.2, 0.25) is 0 Å². The van der Waals surface area contributed by atoms with E-state index in [0.717, 1.165) is 13.0 Å². The van der Waals surface area contributed by atoms with E-state index in [-0.39, 0.29) is 6.04 Å². The molecule has 2 atom stereocenters. The summed E-state index contributed by atoms with van der Waals surface area (Å²) in [5.41, 5.74) is 0. The first-order valence-electron chi connectivity index (χ1n) is 3.58. The zero-order chi connectivity index (χ0) is 7.19. The van der Waals surface area contributed by atoms with E-state index in [0.29, 0.717) is 6.54 Å². The Labute approximate surface area is 59.7 Å². The normalized spacial score (nSPS) is 44.5. The minimum atomic E-state index is -1.08. The summed E-state index contributed by atoms with van der Waals surface area (Å²) in [5, 5.41) is 2.82. The molecule has 0 aromatic carbocycles. The lowest BCUT2D eigenvalue weighted by atomic mass is 10.1. The lowest BCUT2D eigenvalue weighted by molar-refractivity contribution is 0.176. The van der Waals surface area contributed by atoms with Gasteiger partial charge >= 0.3 is 0 Å². The Bertz CT molecular complexity index is 171. The number of rotatable bonds is 1. The van der Waals surface area contributed by atoms with E-state index in [1.54, 1.807) is 6.20 Å². The van der Waals surface area contributed by atoms with E-state index >= 15 is 0 Å². The number of hydrogen-bond donors (Lipinski definition) is 1. The van der Waals surface area contributed by atoms with E-state index in [9.17, 15) is 4.39 Å². The van der Waals surface area contributed by atoms with Crippen LogP contribution in [-0.4, -0.2) is 29.8 Å². The van der Waals surface area contributed by atoms with Crippen molar-refractivity contribution in [3.8, 4) is 0 Å². The summed E-state index contributed by atoms with van der Waals surface area (Å²) in [6.45, 7) is 5.01. The predicted molar refractivity (Wildman–Crippen MR) is 37.1 cm³/mol. The Morgan fingerprint density at radius 2 is 2.60 bits per heavy atom. The van der Waals surface area contributed by atoms with Crippen LogP contribution in [0.3, 0.4) is 0 Å². The van der Waals surface area contributed by atoms with E-state index in [1.165, 1.54) is 0 Å². The molecule has 0 spiro atoms. The van der Waals surface area contributed by atoms with Crippen molar-refractivity contribution in [2.45, 2.75) is 18.3 Å². The van der Waals surface area contributed by atoms with Gasteiger partial charge < -0.3 is 4.90 Å².